The van der Waals surface area contributed by atoms with Gasteiger partial charge in [-0.05, 0) is 44.4 Å². The van der Waals surface area contributed by atoms with Gasteiger partial charge < -0.3 is 19.1 Å². The fourth-order valence-electron chi connectivity index (χ4n) is 3.68. The minimum absolute atomic E-state index is 0.117. The number of nitrogens with zero attached hydrogens (tertiary/aromatic N) is 2. The summed E-state index contributed by atoms with van der Waals surface area (Å²) in [6.45, 7) is 7.97. The normalized spacial score (nSPS) is 12.7. The smallest absolute Gasteiger partial charge is 0.267 e. The largest absolute Gasteiger partial charge is 0.490 e. The highest BCUT2D eigenvalue weighted by Gasteiger charge is 2.27. The lowest BCUT2D eigenvalue weighted by Crippen LogP contribution is -2.35. The minimum atomic E-state index is -0.171. The number of aromatic nitrogens is 1. The van der Waals surface area contributed by atoms with Crippen LogP contribution in [0.5, 0.6) is 17.2 Å². The van der Waals surface area contributed by atoms with Crippen LogP contribution < -0.4 is 19.5 Å². The van der Waals surface area contributed by atoms with Crippen molar-refractivity contribution in [2.24, 2.45) is 0 Å². The number of ether oxygens (including phenoxy) is 3. The molecule has 0 saturated heterocycles. The summed E-state index contributed by atoms with van der Waals surface area (Å²) in [5.41, 5.74) is 1.40. The van der Waals surface area contributed by atoms with E-state index in [0.29, 0.717) is 72.2 Å². The van der Waals surface area contributed by atoms with Gasteiger partial charge in [-0.3, -0.25) is 14.9 Å². The molecule has 1 N–H and O–H groups in total. The van der Waals surface area contributed by atoms with Crippen molar-refractivity contribution in [3.8, 4) is 17.2 Å². The Morgan fingerprint density at radius 2 is 1.79 bits per heavy atom. The predicted molar refractivity (Wildman–Crippen MR) is 133 cm³/mol. The lowest BCUT2D eigenvalue weighted by Gasteiger charge is -2.27. The summed E-state index contributed by atoms with van der Waals surface area (Å²) in [4.78, 5) is 33.7. The molecule has 0 radical (unpaired) electrons. The molecule has 1 aromatic carbocycles. The molecule has 0 atom stereocenters. The van der Waals surface area contributed by atoms with E-state index in [0.717, 1.165) is 10.6 Å². The van der Waals surface area contributed by atoms with Crippen molar-refractivity contribution >= 4 is 39.6 Å². The van der Waals surface area contributed by atoms with Crippen LogP contribution in [-0.4, -0.2) is 48.1 Å². The van der Waals surface area contributed by atoms with E-state index in [1.807, 2.05) is 32.2 Å². The van der Waals surface area contributed by atoms with Crippen LogP contribution in [0.1, 0.15) is 51.4 Å². The molecule has 0 aliphatic carbocycles. The van der Waals surface area contributed by atoms with Crippen molar-refractivity contribution in [2.45, 2.75) is 33.7 Å². The maximum atomic E-state index is 13.4. The van der Waals surface area contributed by atoms with E-state index in [2.05, 4.69) is 10.3 Å². The number of hydrogen-bond acceptors (Lipinski definition) is 8. The van der Waals surface area contributed by atoms with E-state index in [1.54, 1.807) is 23.1 Å². The Hall–Kier alpha value is -3.11. The second-order valence-corrected chi connectivity index (χ2v) is 9.43. The van der Waals surface area contributed by atoms with Crippen LogP contribution in [0.15, 0.2) is 29.6 Å². The lowest BCUT2D eigenvalue weighted by molar-refractivity contribution is 0.0735. The molecule has 0 bridgehead atoms. The zero-order valence-electron chi connectivity index (χ0n) is 19.4. The Balaban J connectivity index is 1.53. The Morgan fingerprint density at radius 3 is 2.41 bits per heavy atom. The first kappa shape index (κ1) is 24.0. The summed E-state index contributed by atoms with van der Waals surface area (Å²) >= 11 is 2.79. The van der Waals surface area contributed by atoms with Crippen LogP contribution >= 0.6 is 22.7 Å². The fourth-order valence-corrected chi connectivity index (χ4v) is 5.32. The van der Waals surface area contributed by atoms with Crippen molar-refractivity contribution in [1.29, 1.82) is 0 Å². The predicted octanol–water partition coefficient (Wildman–Crippen LogP) is 4.85. The minimum Gasteiger partial charge on any atom is -0.490 e. The summed E-state index contributed by atoms with van der Waals surface area (Å²) < 4.78 is 17.3. The number of carbonyl (C=O) groups is 2. The van der Waals surface area contributed by atoms with Crippen LogP contribution in [0.4, 0.5) is 5.13 Å². The maximum absolute atomic E-state index is 13.4. The number of thiophene rings is 1. The number of benzene rings is 1. The zero-order chi connectivity index (χ0) is 24.1. The van der Waals surface area contributed by atoms with Crippen molar-refractivity contribution in [2.75, 3.05) is 31.7 Å². The summed E-state index contributed by atoms with van der Waals surface area (Å²) in [5, 5.41) is 5.28. The standard InChI is InChI=1S/C24H27N3O5S2/c1-4-30-17-12-15(13-18(31-5-2)21(17)32-6-3)23(29)27-10-9-16-20(14-27)34-24(25-16)26-22(28)19-8-7-11-33-19/h7-8,11-13H,4-6,9-10,14H2,1-3H3,(H,25,26,28). The molecular formula is C24H27N3O5S2. The van der Waals surface area contributed by atoms with Gasteiger partial charge in [0.05, 0.1) is 36.9 Å². The van der Waals surface area contributed by atoms with E-state index in [4.69, 9.17) is 14.2 Å². The number of rotatable bonds is 9. The Labute approximate surface area is 206 Å². The number of hydrogen-bond donors (Lipinski definition) is 1. The number of nitrogens with one attached hydrogen (secondary N) is 1. The highest BCUT2D eigenvalue weighted by molar-refractivity contribution is 7.16. The van der Waals surface area contributed by atoms with Gasteiger partial charge in [-0.15, -0.1) is 11.3 Å². The zero-order valence-corrected chi connectivity index (χ0v) is 21.0. The number of amides is 2. The van der Waals surface area contributed by atoms with E-state index in [1.165, 1.54) is 22.7 Å². The van der Waals surface area contributed by atoms with Gasteiger partial charge in [0.1, 0.15) is 0 Å². The molecule has 1 aliphatic heterocycles. The number of anilines is 1. The summed E-state index contributed by atoms with van der Waals surface area (Å²) in [6.07, 6.45) is 0.625. The van der Waals surface area contributed by atoms with Crippen molar-refractivity contribution < 1.29 is 23.8 Å². The Kier molecular flexibility index (Phi) is 7.69. The van der Waals surface area contributed by atoms with Gasteiger partial charge in [0.25, 0.3) is 11.8 Å². The molecule has 0 saturated carbocycles. The quantitative estimate of drug-likeness (QED) is 0.451. The van der Waals surface area contributed by atoms with Crippen LogP contribution in [0.25, 0.3) is 0 Å². The number of fused-ring (bicyclic) bond motifs is 1. The molecule has 1 aliphatic rings. The van der Waals surface area contributed by atoms with Crippen LogP contribution in [-0.2, 0) is 13.0 Å². The maximum Gasteiger partial charge on any atom is 0.267 e. The van der Waals surface area contributed by atoms with Gasteiger partial charge in [0.2, 0.25) is 5.75 Å². The second-order valence-electron chi connectivity index (χ2n) is 7.40. The average Bonchev–Trinajstić information content (AvgIpc) is 3.50. The van der Waals surface area contributed by atoms with Crippen molar-refractivity contribution in [3.05, 3.63) is 50.7 Å². The van der Waals surface area contributed by atoms with Gasteiger partial charge >= 0.3 is 0 Å². The molecule has 3 aromatic rings. The Bertz CT molecular complexity index is 1130. The monoisotopic (exact) mass is 501 g/mol. The lowest BCUT2D eigenvalue weighted by atomic mass is 10.1. The third-order valence-corrected chi connectivity index (χ3v) is 7.01. The highest BCUT2D eigenvalue weighted by atomic mass is 32.1. The average molecular weight is 502 g/mol. The molecule has 4 rings (SSSR count). The third-order valence-electron chi connectivity index (χ3n) is 5.14. The molecule has 0 spiro atoms. The molecule has 0 unspecified atom stereocenters. The van der Waals surface area contributed by atoms with E-state index in [9.17, 15) is 9.59 Å². The third kappa shape index (κ3) is 5.18. The summed E-state index contributed by atoms with van der Waals surface area (Å²) in [6, 6.07) is 7.05. The summed E-state index contributed by atoms with van der Waals surface area (Å²) in [5.74, 6) is 1.21. The molecule has 2 amide bonds. The van der Waals surface area contributed by atoms with Crippen LogP contribution in [0.3, 0.4) is 0 Å². The highest BCUT2D eigenvalue weighted by Crippen LogP contribution is 2.40. The number of thiazole rings is 1. The van der Waals surface area contributed by atoms with Crippen molar-refractivity contribution in [3.63, 3.8) is 0 Å². The van der Waals surface area contributed by atoms with Gasteiger partial charge in [-0.2, -0.15) is 0 Å². The van der Waals surface area contributed by atoms with E-state index >= 15 is 0 Å². The first-order valence-corrected chi connectivity index (χ1v) is 12.9. The van der Waals surface area contributed by atoms with E-state index < -0.39 is 0 Å². The molecule has 180 valence electrons. The molecule has 10 heteroatoms. The van der Waals surface area contributed by atoms with Crippen LogP contribution in [0.2, 0.25) is 0 Å². The van der Waals surface area contributed by atoms with Crippen molar-refractivity contribution in [1.82, 2.24) is 9.88 Å². The fraction of sp³-hybridized carbons (Fsp3) is 0.375. The molecule has 2 aromatic heterocycles. The van der Waals surface area contributed by atoms with Gasteiger partial charge in [0, 0.05) is 23.4 Å². The van der Waals surface area contributed by atoms with Crippen LogP contribution in [0, 0.1) is 0 Å². The van der Waals surface area contributed by atoms with Gasteiger partial charge in [-0.25, -0.2) is 4.98 Å². The molecular weight excluding hydrogens is 474 g/mol. The summed E-state index contributed by atoms with van der Waals surface area (Å²) in [7, 11) is 0. The number of carbonyl (C=O) groups excluding carboxylic acids is 2. The first-order valence-electron chi connectivity index (χ1n) is 11.2. The second kappa shape index (κ2) is 10.9. The van der Waals surface area contributed by atoms with Gasteiger partial charge in [-0.1, -0.05) is 17.4 Å². The molecule has 8 nitrogen and oxygen atoms in total. The van der Waals surface area contributed by atoms with E-state index in [-0.39, 0.29) is 11.8 Å². The first-order chi connectivity index (χ1) is 16.5. The van der Waals surface area contributed by atoms with Gasteiger partial charge in [0.15, 0.2) is 16.6 Å². The topological polar surface area (TPSA) is 90.0 Å². The molecule has 34 heavy (non-hydrogen) atoms. The Morgan fingerprint density at radius 1 is 1.09 bits per heavy atom. The molecule has 0 fully saturated rings. The SMILES string of the molecule is CCOc1cc(C(=O)N2CCc3nc(NC(=O)c4cccs4)sc3C2)cc(OCC)c1OCC. The molecule has 3 heterocycles.